The molecule has 2 N–H and O–H groups in total. The number of aryl methyl sites for hydroxylation is 1. The van der Waals surface area contributed by atoms with Crippen LogP contribution in [0.5, 0.6) is 0 Å². The fourth-order valence-corrected chi connectivity index (χ4v) is 4.01. The number of rotatable bonds is 6. The summed E-state index contributed by atoms with van der Waals surface area (Å²) >= 11 is 0. The van der Waals surface area contributed by atoms with E-state index >= 15 is 0 Å². The van der Waals surface area contributed by atoms with Gasteiger partial charge in [-0.15, -0.1) is 0 Å². The van der Waals surface area contributed by atoms with Gasteiger partial charge in [0.2, 0.25) is 0 Å². The van der Waals surface area contributed by atoms with Crippen LogP contribution in [0.25, 0.3) is 0 Å². The number of nitrogens with zero attached hydrogens (tertiary/aromatic N) is 1. The molecule has 1 aromatic carbocycles. The second-order valence-corrected chi connectivity index (χ2v) is 7.47. The van der Waals surface area contributed by atoms with Crippen LogP contribution in [-0.4, -0.2) is 34.7 Å². The number of piperidine rings is 1. The Balaban J connectivity index is 1.69. The second-order valence-electron chi connectivity index (χ2n) is 7.47. The molecule has 0 spiro atoms. The van der Waals surface area contributed by atoms with Crippen LogP contribution in [0.3, 0.4) is 0 Å². The second kappa shape index (κ2) is 8.53. The SMILES string of the molecule is CC(=O)c1c(C)[nH]c(C(=O)NCc2ccccc2CN2CCCCC2)c1C. The van der Waals surface area contributed by atoms with Crippen molar-refractivity contribution in [2.45, 2.75) is 53.1 Å². The first-order valence-electron chi connectivity index (χ1n) is 9.74. The molecule has 1 saturated heterocycles. The Kier molecular flexibility index (Phi) is 6.11. The number of likely N-dealkylation sites (tertiary alicyclic amines) is 1. The van der Waals surface area contributed by atoms with Crippen molar-refractivity contribution in [1.82, 2.24) is 15.2 Å². The molecular weight excluding hydrogens is 338 g/mol. The topological polar surface area (TPSA) is 65.2 Å². The number of benzene rings is 1. The lowest BCUT2D eigenvalue weighted by atomic mass is 10.0. The number of amides is 1. The van der Waals surface area contributed by atoms with Gasteiger partial charge in [0.05, 0.1) is 0 Å². The number of Topliss-reactive ketones (excluding diaryl/α,β-unsaturated/α-hetero) is 1. The summed E-state index contributed by atoms with van der Waals surface area (Å²) in [5.41, 5.74) is 4.97. The Morgan fingerprint density at radius 2 is 1.74 bits per heavy atom. The fraction of sp³-hybridized carbons (Fsp3) is 0.455. The number of hydrogen-bond donors (Lipinski definition) is 2. The molecule has 144 valence electrons. The fourth-order valence-electron chi connectivity index (χ4n) is 4.01. The van der Waals surface area contributed by atoms with E-state index in [0.29, 0.717) is 17.8 Å². The van der Waals surface area contributed by atoms with Crippen LogP contribution < -0.4 is 5.32 Å². The van der Waals surface area contributed by atoms with Gasteiger partial charge < -0.3 is 10.3 Å². The Labute approximate surface area is 161 Å². The standard InChI is InChI=1S/C22H29N3O2/c1-15-20(17(3)26)16(2)24-21(15)22(27)23-13-18-9-5-6-10-19(18)14-25-11-7-4-8-12-25/h5-6,9-10,24H,4,7-8,11-14H2,1-3H3,(H,23,27). The van der Waals surface area contributed by atoms with Gasteiger partial charge in [-0.1, -0.05) is 30.7 Å². The molecule has 0 saturated carbocycles. The highest BCUT2D eigenvalue weighted by Gasteiger charge is 2.20. The molecule has 1 fully saturated rings. The summed E-state index contributed by atoms with van der Waals surface area (Å²) in [6, 6.07) is 8.29. The Morgan fingerprint density at radius 3 is 2.37 bits per heavy atom. The highest BCUT2D eigenvalue weighted by atomic mass is 16.2. The molecule has 2 heterocycles. The van der Waals surface area contributed by atoms with Crippen molar-refractivity contribution in [3.8, 4) is 0 Å². The molecule has 0 unspecified atom stereocenters. The molecule has 5 heteroatoms. The van der Waals surface area contributed by atoms with Gasteiger partial charge in [0.25, 0.3) is 5.91 Å². The molecule has 1 aromatic heterocycles. The molecule has 3 rings (SSSR count). The van der Waals surface area contributed by atoms with Crippen LogP contribution in [-0.2, 0) is 13.1 Å². The lowest BCUT2D eigenvalue weighted by molar-refractivity contribution is 0.0945. The maximum absolute atomic E-state index is 12.7. The summed E-state index contributed by atoms with van der Waals surface area (Å²) in [6.07, 6.45) is 3.86. The summed E-state index contributed by atoms with van der Waals surface area (Å²) < 4.78 is 0. The number of nitrogens with one attached hydrogen (secondary N) is 2. The average molecular weight is 367 g/mol. The lowest BCUT2D eigenvalue weighted by Gasteiger charge is -2.27. The molecular formula is C22H29N3O2. The number of carbonyl (C=O) groups is 2. The molecule has 5 nitrogen and oxygen atoms in total. The quantitative estimate of drug-likeness (QED) is 0.764. The first-order chi connectivity index (χ1) is 13.0. The van der Waals surface area contributed by atoms with Crippen LogP contribution >= 0.6 is 0 Å². The minimum atomic E-state index is -0.170. The van der Waals surface area contributed by atoms with Crippen molar-refractivity contribution in [1.29, 1.82) is 0 Å². The number of carbonyl (C=O) groups excluding carboxylic acids is 2. The van der Waals surface area contributed by atoms with Crippen LogP contribution in [0.15, 0.2) is 24.3 Å². The largest absolute Gasteiger partial charge is 0.354 e. The Bertz CT molecular complexity index is 832. The zero-order valence-corrected chi connectivity index (χ0v) is 16.5. The molecule has 1 amide bonds. The van der Waals surface area contributed by atoms with E-state index in [0.717, 1.165) is 36.5 Å². The van der Waals surface area contributed by atoms with Gasteiger partial charge in [0.1, 0.15) is 5.69 Å². The summed E-state index contributed by atoms with van der Waals surface area (Å²) in [7, 11) is 0. The number of ketones is 1. The van der Waals surface area contributed by atoms with Gasteiger partial charge in [0.15, 0.2) is 5.78 Å². The molecule has 0 radical (unpaired) electrons. The van der Waals surface area contributed by atoms with E-state index in [2.05, 4.69) is 33.4 Å². The number of H-pyrrole nitrogens is 1. The van der Waals surface area contributed by atoms with Gasteiger partial charge in [-0.25, -0.2) is 0 Å². The first kappa shape index (κ1) is 19.4. The minimum absolute atomic E-state index is 0.0211. The molecule has 1 aliphatic rings. The number of aromatic amines is 1. The van der Waals surface area contributed by atoms with Crippen molar-refractivity contribution in [3.63, 3.8) is 0 Å². The predicted molar refractivity (Wildman–Crippen MR) is 107 cm³/mol. The van der Waals surface area contributed by atoms with E-state index in [1.807, 2.05) is 19.9 Å². The van der Waals surface area contributed by atoms with Crippen molar-refractivity contribution < 1.29 is 9.59 Å². The Hall–Kier alpha value is -2.40. The zero-order valence-electron chi connectivity index (χ0n) is 16.5. The molecule has 2 aromatic rings. The smallest absolute Gasteiger partial charge is 0.268 e. The third-order valence-electron chi connectivity index (χ3n) is 5.42. The summed E-state index contributed by atoms with van der Waals surface area (Å²) in [5.74, 6) is -0.192. The highest BCUT2D eigenvalue weighted by Crippen LogP contribution is 2.19. The van der Waals surface area contributed by atoms with Crippen molar-refractivity contribution in [3.05, 3.63) is 57.9 Å². The van der Waals surface area contributed by atoms with Crippen molar-refractivity contribution in [2.24, 2.45) is 0 Å². The van der Waals surface area contributed by atoms with Gasteiger partial charge in [-0.2, -0.15) is 0 Å². The monoisotopic (exact) mass is 367 g/mol. The molecule has 0 atom stereocenters. The van der Waals surface area contributed by atoms with Crippen molar-refractivity contribution in [2.75, 3.05) is 13.1 Å². The Morgan fingerprint density at radius 1 is 1.07 bits per heavy atom. The van der Waals surface area contributed by atoms with Crippen LogP contribution in [0.4, 0.5) is 0 Å². The first-order valence-corrected chi connectivity index (χ1v) is 9.74. The van der Waals surface area contributed by atoms with Crippen LogP contribution in [0, 0.1) is 13.8 Å². The molecule has 1 aliphatic heterocycles. The lowest BCUT2D eigenvalue weighted by Crippen LogP contribution is -2.30. The summed E-state index contributed by atoms with van der Waals surface area (Å²) in [5, 5.41) is 3.01. The number of aromatic nitrogens is 1. The number of hydrogen-bond acceptors (Lipinski definition) is 3. The van der Waals surface area contributed by atoms with Gasteiger partial charge >= 0.3 is 0 Å². The van der Waals surface area contributed by atoms with Gasteiger partial charge in [-0.05, 0) is 63.4 Å². The van der Waals surface area contributed by atoms with E-state index in [-0.39, 0.29) is 11.7 Å². The van der Waals surface area contributed by atoms with E-state index in [9.17, 15) is 9.59 Å². The van der Waals surface area contributed by atoms with E-state index in [1.54, 1.807) is 0 Å². The van der Waals surface area contributed by atoms with E-state index in [1.165, 1.54) is 31.7 Å². The van der Waals surface area contributed by atoms with Gasteiger partial charge in [-0.3, -0.25) is 14.5 Å². The normalized spacial score (nSPS) is 14.9. The molecule has 0 bridgehead atoms. The highest BCUT2D eigenvalue weighted by molar-refractivity contribution is 6.02. The molecule has 27 heavy (non-hydrogen) atoms. The summed E-state index contributed by atoms with van der Waals surface area (Å²) in [6.45, 7) is 8.89. The minimum Gasteiger partial charge on any atom is -0.354 e. The average Bonchev–Trinajstić information content (AvgIpc) is 2.96. The third-order valence-corrected chi connectivity index (χ3v) is 5.42. The van der Waals surface area contributed by atoms with Crippen LogP contribution in [0.1, 0.15) is 69.4 Å². The van der Waals surface area contributed by atoms with Crippen LogP contribution in [0.2, 0.25) is 0 Å². The maximum Gasteiger partial charge on any atom is 0.268 e. The van der Waals surface area contributed by atoms with E-state index < -0.39 is 0 Å². The third kappa shape index (κ3) is 4.48. The zero-order chi connectivity index (χ0) is 19.4. The molecule has 0 aliphatic carbocycles. The van der Waals surface area contributed by atoms with Crippen molar-refractivity contribution >= 4 is 11.7 Å². The van der Waals surface area contributed by atoms with E-state index in [4.69, 9.17) is 0 Å². The maximum atomic E-state index is 12.7. The predicted octanol–water partition coefficient (Wildman–Crippen LogP) is 3.75. The van der Waals surface area contributed by atoms with Gasteiger partial charge in [0, 0.05) is 24.3 Å². The summed E-state index contributed by atoms with van der Waals surface area (Å²) in [4.78, 5) is 30.0.